The van der Waals surface area contributed by atoms with Gasteiger partial charge in [0.25, 0.3) is 5.91 Å². The summed E-state index contributed by atoms with van der Waals surface area (Å²) in [6, 6.07) is 7.43. The number of carbonyl (C=O) groups is 1. The Hall–Kier alpha value is -2.54. The Kier molecular flexibility index (Phi) is 5.18. The molecule has 1 saturated heterocycles. The first-order chi connectivity index (χ1) is 12.4. The Morgan fingerprint density at radius 2 is 1.69 bits per heavy atom. The number of amides is 1. The van der Waals surface area contributed by atoms with E-state index in [2.05, 4.69) is 0 Å². The summed E-state index contributed by atoms with van der Waals surface area (Å²) in [4.78, 5) is 15.7. The number of halogens is 3. The van der Waals surface area contributed by atoms with E-state index < -0.39 is 29.5 Å². The SMILES string of the molecule is C[C@H](O)c1ccc(N2CCN(C(=O)c3ccc(F)cc3F)CC2)c(F)c1. The maximum atomic E-state index is 14.3. The van der Waals surface area contributed by atoms with E-state index in [0.717, 1.165) is 12.1 Å². The van der Waals surface area contributed by atoms with E-state index in [1.54, 1.807) is 24.0 Å². The molecule has 1 fully saturated rings. The van der Waals surface area contributed by atoms with E-state index in [1.165, 1.54) is 11.0 Å². The maximum Gasteiger partial charge on any atom is 0.256 e. The number of benzene rings is 2. The quantitative estimate of drug-likeness (QED) is 0.910. The van der Waals surface area contributed by atoms with Gasteiger partial charge in [-0.15, -0.1) is 0 Å². The summed E-state index contributed by atoms with van der Waals surface area (Å²) < 4.78 is 41.1. The van der Waals surface area contributed by atoms with Gasteiger partial charge in [0.15, 0.2) is 0 Å². The predicted molar refractivity (Wildman–Crippen MR) is 91.5 cm³/mol. The number of hydrogen-bond acceptors (Lipinski definition) is 3. The van der Waals surface area contributed by atoms with Gasteiger partial charge >= 0.3 is 0 Å². The Bertz CT molecular complexity index is 818. The molecule has 0 bridgehead atoms. The van der Waals surface area contributed by atoms with Crippen molar-refractivity contribution in [1.29, 1.82) is 0 Å². The summed E-state index contributed by atoms with van der Waals surface area (Å²) in [5.41, 5.74) is 0.716. The van der Waals surface area contributed by atoms with Crippen LogP contribution in [0.1, 0.15) is 28.9 Å². The van der Waals surface area contributed by atoms with Gasteiger partial charge in [-0.25, -0.2) is 13.2 Å². The summed E-state index contributed by atoms with van der Waals surface area (Å²) in [6.45, 7) is 2.94. The van der Waals surface area contributed by atoms with E-state index in [-0.39, 0.29) is 5.56 Å². The van der Waals surface area contributed by atoms with Crippen molar-refractivity contribution < 1.29 is 23.1 Å². The number of anilines is 1. The number of aliphatic hydroxyl groups excluding tert-OH is 1. The smallest absolute Gasteiger partial charge is 0.256 e. The van der Waals surface area contributed by atoms with Crippen LogP contribution in [-0.4, -0.2) is 42.1 Å². The first kappa shape index (κ1) is 18.3. The zero-order valence-corrected chi connectivity index (χ0v) is 14.3. The van der Waals surface area contributed by atoms with Crippen molar-refractivity contribution in [1.82, 2.24) is 4.90 Å². The molecule has 0 aliphatic carbocycles. The fourth-order valence-corrected chi connectivity index (χ4v) is 3.02. The normalized spacial score (nSPS) is 15.9. The lowest BCUT2D eigenvalue weighted by atomic mass is 10.1. The molecule has 2 aromatic rings. The minimum atomic E-state index is -0.891. The molecule has 3 rings (SSSR count). The van der Waals surface area contributed by atoms with Crippen LogP contribution in [0.25, 0.3) is 0 Å². The van der Waals surface area contributed by atoms with E-state index in [1.807, 2.05) is 0 Å². The molecular formula is C19H19F3N2O2. The summed E-state index contributed by atoms with van der Waals surface area (Å²) in [6.07, 6.45) is -0.751. The van der Waals surface area contributed by atoms with Crippen LogP contribution in [0.3, 0.4) is 0 Å². The average molecular weight is 364 g/mol. The zero-order chi connectivity index (χ0) is 18.8. The molecule has 26 heavy (non-hydrogen) atoms. The predicted octanol–water partition coefficient (Wildman–Crippen LogP) is 3.12. The highest BCUT2D eigenvalue weighted by atomic mass is 19.1. The van der Waals surface area contributed by atoms with Gasteiger partial charge in [-0.05, 0) is 36.8 Å². The van der Waals surface area contributed by atoms with Crippen LogP contribution in [0, 0.1) is 17.5 Å². The van der Waals surface area contributed by atoms with Gasteiger partial charge in [0.05, 0.1) is 17.4 Å². The second-order valence-electron chi connectivity index (χ2n) is 6.29. The highest BCUT2D eigenvalue weighted by Gasteiger charge is 2.25. The number of carbonyl (C=O) groups excluding carboxylic acids is 1. The summed E-state index contributed by atoms with van der Waals surface area (Å²) >= 11 is 0. The molecule has 1 N–H and O–H groups in total. The Morgan fingerprint density at radius 1 is 1.00 bits per heavy atom. The van der Waals surface area contributed by atoms with Crippen LogP contribution >= 0.6 is 0 Å². The van der Waals surface area contributed by atoms with Crippen LogP contribution in [0.4, 0.5) is 18.9 Å². The molecule has 1 amide bonds. The molecule has 1 aliphatic rings. The number of nitrogens with zero attached hydrogens (tertiary/aromatic N) is 2. The third-order valence-corrected chi connectivity index (χ3v) is 4.52. The topological polar surface area (TPSA) is 43.8 Å². The maximum absolute atomic E-state index is 14.3. The highest BCUT2D eigenvalue weighted by molar-refractivity contribution is 5.94. The van der Waals surface area contributed by atoms with E-state index >= 15 is 0 Å². The monoisotopic (exact) mass is 364 g/mol. The van der Waals surface area contributed by atoms with Crippen LogP contribution < -0.4 is 4.90 Å². The fourth-order valence-electron chi connectivity index (χ4n) is 3.02. The van der Waals surface area contributed by atoms with Crippen molar-refractivity contribution in [2.75, 3.05) is 31.1 Å². The number of aliphatic hydroxyl groups is 1. The molecule has 138 valence electrons. The minimum Gasteiger partial charge on any atom is -0.389 e. The molecule has 1 atom stereocenters. The third-order valence-electron chi connectivity index (χ3n) is 4.52. The summed E-state index contributed by atoms with van der Waals surface area (Å²) in [5, 5.41) is 9.51. The lowest BCUT2D eigenvalue weighted by Crippen LogP contribution is -2.49. The fraction of sp³-hybridized carbons (Fsp3) is 0.316. The highest BCUT2D eigenvalue weighted by Crippen LogP contribution is 2.25. The molecule has 2 aromatic carbocycles. The van der Waals surface area contributed by atoms with E-state index in [0.29, 0.717) is 43.5 Å². The molecule has 0 spiro atoms. The largest absolute Gasteiger partial charge is 0.389 e. The van der Waals surface area contributed by atoms with Crippen molar-refractivity contribution in [3.8, 4) is 0 Å². The van der Waals surface area contributed by atoms with E-state index in [4.69, 9.17) is 0 Å². The second kappa shape index (κ2) is 7.37. The first-order valence-corrected chi connectivity index (χ1v) is 8.33. The Morgan fingerprint density at radius 3 is 2.27 bits per heavy atom. The minimum absolute atomic E-state index is 0.174. The van der Waals surface area contributed by atoms with Gasteiger partial charge in [0.2, 0.25) is 0 Å². The van der Waals surface area contributed by atoms with Crippen molar-refractivity contribution in [2.24, 2.45) is 0 Å². The first-order valence-electron chi connectivity index (χ1n) is 8.33. The molecule has 7 heteroatoms. The molecule has 1 heterocycles. The number of hydrogen-bond donors (Lipinski definition) is 1. The van der Waals surface area contributed by atoms with Crippen LogP contribution in [0.2, 0.25) is 0 Å². The van der Waals surface area contributed by atoms with Gasteiger partial charge in [0.1, 0.15) is 17.5 Å². The Balaban J connectivity index is 1.68. The molecule has 0 unspecified atom stereocenters. The average Bonchev–Trinajstić information content (AvgIpc) is 2.61. The third kappa shape index (κ3) is 3.67. The van der Waals surface area contributed by atoms with Gasteiger partial charge in [-0.1, -0.05) is 6.07 Å². The van der Waals surface area contributed by atoms with Crippen LogP contribution in [0.5, 0.6) is 0 Å². The van der Waals surface area contributed by atoms with Crippen molar-refractivity contribution >= 4 is 11.6 Å². The number of rotatable bonds is 3. The van der Waals surface area contributed by atoms with Gasteiger partial charge in [0, 0.05) is 32.2 Å². The molecule has 1 aliphatic heterocycles. The van der Waals surface area contributed by atoms with Crippen molar-refractivity contribution in [2.45, 2.75) is 13.0 Å². The molecule has 0 radical (unpaired) electrons. The van der Waals surface area contributed by atoms with Gasteiger partial charge in [-0.2, -0.15) is 0 Å². The Labute approximate surface area is 149 Å². The molecule has 4 nitrogen and oxygen atoms in total. The summed E-state index contributed by atoms with van der Waals surface area (Å²) in [5.74, 6) is -2.57. The van der Waals surface area contributed by atoms with Crippen LogP contribution in [0.15, 0.2) is 36.4 Å². The second-order valence-corrected chi connectivity index (χ2v) is 6.29. The van der Waals surface area contributed by atoms with Gasteiger partial charge < -0.3 is 14.9 Å². The standard InChI is InChI=1S/C19H19F3N2O2/c1-12(25)13-2-5-18(17(22)10-13)23-6-8-24(9-7-23)19(26)15-4-3-14(20)11-16(15)21/h2-5,10-12,25H,6-9H2,1H3/t12-/m0/s1. The van der Waals surface area contributed by atoms with Crippen molar-refractivity contribution in [3.05, 3.63) is 65.0 Å². The molecule has 0 aromatic heterocycles. The molecular weight excluding hydrogens is 345 g/mol. The van der Waals surface area contributed by atoms with Gasteiger partial charge in [-0.3, -0.25) is 4.79 Å². The lowest BCUT2D eigenvalue weighted by molar-refractivity contribution is 0.0742. The molecule has 0 saturated carbocycles. The number of piperazine rings is 1. The zero-order valence-electron chi connectivity index (χ0n) is 14.3. The lowest BCUT2D eigenvalue weighted by Gasteiger charge is -2.36. The van der Waals surface area contributed by atoms with Crippen LogP contribution in [-0.2, 0) is 0 Å². The van der Waals surface area contributed by atoms with E-state index in [9.17, 15) is 23.1 Å². The van der Waals surface area contributed by atoms with Crippen molar-refractivity contribution in [3.63, 3.8) is 0 Å². The summed E-state index contributed by atoms with van der Waals surface area (Å²) in [7, 11) is 0.